The summed E-state index contributed by atoms with van der Waals surface area (Å²) in [6.45, 7) is 6.12. The minimum absolute atomic E-state index is 0.0930. The first-order chi connectivity index (χ1) is 13.7. The summed E-state index contributed by atoms with van der Waals surface area (Å²) in [5, 5.41) is 8.25. The van der Waals surface area contributed by atoms with Crippen LogP contribution in [-0.2, 0) is 9.59 Å². The van der Waals surface area contributed by atoms with Gasteiger partial charge in [-0.25, -0.2) is 4.98 Å². The van der Waals surface area contributed by atoms with Crippen LogP contribution >= 0.6 is 27.3 Å². The molecule has 2 aromatic rings. The number of thiophene rings is 1. The quantitative estimate of drug-likeness (QED) is 0.649. The number of hydrogen-bond donors (Lipinski definition) is 2. The van der Waals surface area contributed by atoms with Crippen LogP contribution in [0.4, 0.5) is 5.82 Å². The Labute approximate surface area is 182 Å². The number of anilines is 1. The Morgan fingerprint density at radius 2 is 2.10 bits per heavy atom. The number of hydrogen-bond acceptors (Lipinski definition) is 5. The molecule has 0 bridgehead atoms. The second-order valence-electron chi connectivity index (χ2n) is 8.26. The molecular formula is C22H22BrN3O2S. The lowest BCUT2D eigenvalue weighted by Gasteiger charge is -2.39. The van der Waals surface area contributed by atoms with E-state index < -0.39 is 0 Å². The molecule has 29 heavy (non-hydrogen) atoms. The van der Waals surface area contributed by atoms with Crippen LogP contribution in [0.5, 0.6) is 0 Å². The number of nitrogens with zero attached hydrogens (tertiary/aromatic N) is 1. The number of allylic oxidation sites excluding steroid dienone is 3. The summed E-state index contributed by atoms with van der Waals surface area (Å²) in [5.74, 6) is -0.0151. The van der Waals surface area contributed by atoms with Gasteiger partial charge in [0, 0.05) is 44.5 Å². The lowest BCUT2D eigenvalue weighted by molar-refractivity contribution is -0.118. The normalized spacial score (nSPS) is 21.0. The van der Waals surface area contributed by atoms with E-state index in [1.165, 1.54) is 0 Å². The molecule has 4 rings (SSSR count). The second-order valence-corrected chi connectivity index (χ2v) is 10.2. The Morgan fingerprint density at radius 3 is 2.76 bits per heavy atom. The van der Waals surface area contributed by atoms with Gasteiger partial charge < -0.3 is 10.6 Å². The Morgan fingerprint density at radius 1 is 1.31 bits per heavy atom. The van der Waals surface area contributed by atoms with E-state index in [0.29, 0.717) is 17.8 Å². The fourth-order valence-electron chi connectivity index (χ4n) is 4.11. The van der Waals surface area contributed by atoms with Crippen LogP contribution in [0.3, 0.4) is 0 Å². The zero-order chi connectivity index (χ0) is 20.8. The average Bonchev–Trinajstić information content (AvgIpc) is 3.15. The maximum absolute atomic E-state index is 13.3. The van der Waals surface area contributed by atoms with Gasteiger partial charge in [0.15, 0.2) is 5.78 Å². The molecule has 2 aromatic heterocycles. The highest BCUT2D eigenvalue weighted by atomic mass is 79.9. The number of carbonyl (C=O) groups excluding carboxylic acids is 2. The molecule has 1 aliphatic carbocycles. The van der Waals surface area contributed by atoms with Gasteiger partial charge in [-0.1, -0.05) is 19.9 Å². The summed E-state index contributed by atoms with van der Waals surface area (Å²) in [7, 11) is 0. The van der Waals surface area contributed by atoms with E-state index in [9.17, 15) is 9.59 Å². The van der Waals surface area contributed by atoms with Crippen LogP contribution in [0, 0.1) is 5.41 Å². The SMILES string of the molecule is CC1=C(C(=O)Nc2ccc(Br)cn2)[C@@H](c2cccs2)C2=C(CC(C)(C)CC2=O)N1. The zero-order valence-electron chi connectivity index (χ0n) is 16.5. The largest absolute Gasteiger partial charge is 0.362 e. The van der Waals surface area contributed by atoms with Crippen molar-refractivity contribution in [2.45, 2.75) is 39.5 Å². The monoisotopic (exact) mass is 471 g/mol. The molecule has 1 aliphatic heterocycles. The van der Waals surface area contributed by atoms with Crippen molar-refractivity contribution in [1.82, 2.24) is 10.3 Å². The molecule has 0 saturated heterocycles. The predicted molar refractivity (Wildman–Crippen MR) is 119 cm³/mol. The molecule has 3 heterocycles. The number of nitrogens with one attached hydrogen (secondary N) is 2. The summed E-state index contributed by atoms with van der Waals surface area (Å²) in [4.78, 5) is 31.7. The van der Waals surface area contributed by atoms with Crippen molar-refractivity contribution in [3.63, 3.8) is 0 Å². The van der Waals surface area contributed by atoms with Gasteiger partial charge in [-0.3, -0.25) is 9.59 Å². The number of aromatic nitrogens is 1. The van der Waals surface area contributed by atoms with Crippen molar-refractivity contribution in [3.8, 4) is 0 Å². The minimum atomic E-state index is -0.356. The fourth-order valence-corrected chi connectivity index (χ4v) is 5.19. The highest BCUT2D eigenvalue weighted by molar-refractivity contribution is 9.10. The van der Waals surface area contributed by atoms with Crippen LogP contribution in [0.1, 0.15) is 44.4 Å². The van der Waals surface area contributed by atoms with E-state index in [0.717, 1.165) is 32.7 Å². The molecule has 0 saturated carbocycles. The van der Waals surface area contributed by atoms with Gasteiger partial charge in [0.05, 0.1) is 5.92 Å². The van der Waals surface area contributed by atoms with Crippen molar-refractivity contribution in [1.29, 1.82) is 0 Å². The summed E-state index contributed by atoms with van der Waals surface area (Å²) in [6, 6.07) is 7.53. The van der Waals surface area contributed by atoms with Crippen molar-refractivity contribution >= 4 is 44.8 Å². The van der Waals surface area contributed by atoms with Crippen molar-refractivity contribution in [2.24, 2.45) is 5.41 Å². The molecule has 1 atom stereocenters. The number of ketones is 1. The van der Waals surface area contributed by atoms with Gasteiger partial charge in [-0.05, 0) is 58.3 Å². The maximum Gasteiger partial charge on any atom is 0.255 e. The molecule has 0 spiro atoms. The van der Waals surface area contributed by atoms with Crippen LogP contribution in [0.15, 0.2) is 62.9 Å². The van der Waals surface area contributed by atoms with Gasteiger partial charge in [0.2, 0.25) is 0 Å². The van der Waals surface area contributed by atoms with Crippen molar-refractivity contribution < 1.29 is 9.59 Å². The van der Waals surface area contributed by atoms with Crippen LogP contribution < -0.4 is 10.6 Å². The van der Waals surface area contributed by atoms with Gasteiger partial charge in [-0.15, -0.1) is 11.3 Å². The number of pyridine rings is 1. The molecule has 2 aliphatic rings. The topological polar surface area (TPSA) is 71.1 Å². The molecule has 2 N–H and O–H groups in total. The van der Waals surface area contributed by atoms with Gasteiger partial charge in [0.1, 0.15) is 5.82 Å². The maximum atomic E-state index is 13.3. The van der Waals surface area contributed by atoms with E-state index >= 15 is 0 Å². The smallest absolute Gasteiger partial charge is 0.255 e. The Balaban J connectivity index is 1.75. The van der Waals surface area contributed by atoms with Gasteiger partial charge >= 0.3 is 0 Å². The van der Waals surface area contributed by atoms with Gasteiger partial charge in [0.25, 0.3) is 5.91 Å². The number of halogens is 1. The summed E-state index contributed by atoms with van der Waals surface area (Å²) < 4.78 is 0.840. The van der Waals surface area contributed by atoms with Crippen LogP contribution in [0.2, 0.25) is 0 Å². The zero-order valence-corrected chi connectivity index (χ0v) is 18.9. The first-order valence-corrected chi connectivity index (χ1v) is 11.1. The third kappa shape index (κ3) is 3.94. The van der Waals surface area contributed by atoms with Crippen molar-refractivity contribution in [3.05, 3.63) is 67.7 Å². The standard InChI is InChI=1S/C22H22BrN3O2S/c1-12-18(21(28)26-17-7-6-13(23)11-24-17)20(16-5-4-8-29-16)19-14(25-12)9-22(2,3)10-15(19)27/h4-8,11,20,25H,9-10H2,1-3H3,(H,24,26,28)/t20-/m1/s1. The number of amides is 1. The van der Waals surface area contributed by atoms with Crippen LogP contribution in [-0.4, -0.2) is 16.7 Å². The highest BCUT2D eigenvalue weighted by Gasteiger charge is 2.43. The van der Waals surface area contributed by atoms with E-state index in [1.807, 2.05) is 30.5 Å². The van der Waals surface area contributed by atoms with E-state index in [1.54, 1.807) is 23.6 Å². The molecule has 1 amide bonds. The lowest BCUT2D eigenvalue weighted by Crippen LogP contribution is -2.39. The highest BCUT2D eigenvalue weighted by Crippen LogP contribution is 2.47. The van der Waals surface area contributed by atoms with E-state index in [-0.39, 0.29) is 23.0 Å². The number of carbonyl (C=O) groups is 2. The average molecular weight is 472 g/mol. The third-order valence-corrected chi connectivity index (χ3v) is 6.69. The summed E-state index contributed by atoms with van der Waals surface area (Å²) in [6.07, 6.45) is 2.91. The van der Waals surface area contributed by atoms with E-state index in [4.69, 9.17) is 0 Å². The molecule has 150 valence electrons. The fraction of sp³-hybridized carbons (Fsp3) is 0.318. The number of rotatable bonds is 3. The first kappa shape index (κ1) is 20.0. The molecule has 0 unspecified atom stereocenters. The molecule has 7 heteroatoms. The Bertz CT molecular complexity index is 1040. The molecular weight excluding hydrogens is 450 g/mol. The first-order valence-electron chi connectivity index (χ1n) is 9.45. The lowest BCUT2D eigenvalue weighted by atomic mass is 9.69. The third-order valence-electron chi connectivity index (χ3n) is 5.28. The summed E-state index contributed by atoms with van der Waals surface area (Å²) >= 11 is 4.92. The molecule has 0 radical (unpaired) electrons. The second kappa shape index (κ2) is 7.54. The minimum Gasteiger partial charge on any atom is -0.362 e. The molecule has 0 aromatic carbocycles. The van der Waals surface area contributed by atoms with Crippen LogP contribution in [0.25, 0.3) is 0 Å². The number of Topliss-reactive ketones (excluding diaryl/α,β-unsaturated/α-hetero) is 1. The van der Waals surface area contributed by atoms with Crippen molar-refractivity contribution in [2.75, 3.05) is 5.32 Å². The molecule has 0 fully saturated rings. The van der Waals surface area contributed by atoms with E-state index in [2.05, 4.69) is 45.4 Å². The predicted octanol–water partition coefficient (Wildman–Crippen LogP) is 5.15. The number of dihydropyridines is 1. The summed E-state index contributed by atoms with van der Waals surface area (Å²) in [5.41, 5.74) is 2.93. The molecule has 5 nitrogen and oxygen atoms in total. The van der Waals surface area contributed by atoms with Gasteiger partial charge in [-0.2, -0.15) is 0 Å². The Hall–Kier alpha value is -2.25. The Kier molecular flexibility index (Phi) is 5.21.